The van der Waals surface area contributed by atoms with Crippen molar-refractivity contribution in [3.05, 3.63) is 34.9 Å². The molecule has 4 nitrogen and oxygen atoms in total. The van der Waals surface area contributed by atoms with Crippen LogP contribution in [0.15, 0.2) is 18.2 Å². The maximum atomic E-state index is 11.5. The van der Waals surface area contributed by atoms with E-state index in [1.807, 2.05) is 26.0 Å². The van der Waals surface area contributed by atoms with E-state index < -0.39 is 12.0 Å². The molecule has 0 saturated carbocycles. The zero-order valence-electron chi connectivity index (χ0n) is 11.0. The van der Waals surface area contributed by atoms with Crippen molar-refractivity contribution in [3.63, 3.8) is 0 Å². The molecule has 2 N–H and O–H groups in total. The van der Waals surface area contributed by atoms with Crippen LogP contribution in [-0.2, 0) is 16.0 Å². The van der Waals surface area contributed by atoms with E-state index in [1.165, 1.54) is 18.1 Å². The van der Waals surface area contributed by atoms with E-state index in [0.717, 1.165) is 5.56 Å². The average molecular weight is 249 g/mol. The van der Waals surface area contributed by atoms with Crippen LogP contribution in [0.5, 0.6) is 0 Å². The topological polar surface area (TPSA) is 66.4 Å². The summed E-state index contributed by atoms with van der Waals surface area (Å²) < 4.78 is 0. The quantitative estimate of drug-likeness (QED) is 0.836. The Morgan fingerprint density at radius 1 is 1.22 bits per heavy atom. The third kappa shape index (κ3) is 4.57. The van der Waals surface area contributed by atoms with Gasteiger partial charge in [0.05, 0.1) is 0 Å². The lowest BCUT2D eigenvalue weighted by atomic mass is 10.0. The predicted octanol–water partition coefficient (Wildman–Crippen LogP) is 1.83. The minimum atomic E-state index is -1.02. The zero-order chi connectivity index (χ0) is 13.7. The lowest BCUT2D eigenvalue weighted by Crippen LogP contribution is -2.38. The molecule has 0 aromatic heterocycles. The van der Waals surface area contributed by atoms with Crippen LogP contribution in [0.1, 0.15) is 30.0 Å². The van der Waals surface area contributed by atoms with Crippen LogP contribution in [-0.4, -0.2) is 23.0 Å². The molecule has 0 heterocycles. The van der Waals surface area contributed by atoms with Crippen LogP contribution in [0.4, 0.5) is 0 Å². The molecule has 4 heteroatoms. The fraction of sp³-hybridized carbons (Fsp3) is 0.429. The first-order chi connectivity index (χ1) is 8.38. The molecule has 98 valence electrons. The number of carboxylic acids is 1. The van der Waals surface area contributed by atoms with Gasteiger partial charge in [0, 0.05) is 6.42 Å². The van der Waals surface area contributed by atoms with E-state index >= 15 is 0 Å². The van der Waals surface area contributed by atoms with Crippen molar-refractivity contribution in [2.24, 2.45) is 0 Å². The monoisotopic (exact) mass is 249 g/mol. The third-order valence-corrected chi connectivity index (χ3v) is 2.67. The van der Waals surface area contributed by atoms with Crippen molar-refractivity contribution in [1.29, 1.82) is 0 Å². The highest BCUT2D eigenvalue weighted by atomic mass is 16.4. The second kappa shape index (κ2) is 6.19. The Kier molecular flexibility index (Phi) is 4.89. The minimum absolute atomic E-state index is 0.232. The number of aryl methyl sites for hydroxylation is 3. The smallest absolute Gasteiger partial charge is 0.325 e. The molecule has 0 bridgehead atoms. The van der Waals surface area contributed by atoms with Crippen LogP contribution in [0, 0.1) is 13.8 Å². The maximum Gasteiger partial charge on any atom is 0.325 e. The van der Waals surface area contributed by atoms with Gasteiger partial charge in [-0.15, -0.1) is 0 Å². The van der Waals surface area contributed by atoms with Crippen LogP contribution in [0.3, 0.4) is 0 Å². The summed E-state index contributed by atoms with van der Waals surface area (Å²) in [6, 6.07) is 5.33. The number of amides is 1. The number of carbonyl (C=O) groups is 2. The van der Waals surface area contributed by atoms with E-state index in [2.05, 4.69) is 11.4 Å². The van der Waals surface area contributed by atoms with Gasteiger partial charge in [-0.25, -0.2) is 0 Å². The number of carbonyl (C=O) groups excluding carboxylic acids is 1. The number of carboxylic acid groups (broad SMARTS) is 1. The van der Waals surface area contributed by atoms with Gasteiger partial charge in [-0.05, 0) is 32.8 Å². The Hall–Kier alpha value is -1.84. The first-order valence-electron chi connectivity index (χ1n) is 5.98. The first kappa shape index (κ1) is 14.2. The third-order valence-electron chi connectivity index (χ3n) is 2.67. The number of aliphatic carboxylic acids is 1. The number of nitrogens with one attached hydrogen (secondary N) is 1. The maximum absolute atomic E-state index is 11.5. The summed E-state index contributed by atoms with van der Waals surface area (Å²) in [5, 5.41) is 11.1. The van der Waals surface area contributed by atoms with Gasteiger partial charge in [0.1, 0.15) is 6.04 Å². The van der Waals surface area contributed by atoms with E-state index in [1.54, 1.807) is 0 Å². The number of hydrogen-bond acceptors (Lipinski definition) is 2. The molecular weight excluding hydrogens is 230 g/mol. The molecule has 1 aromatic rings. The average Bonchev–Trinajstić information content (AvgIpc) is 2.25. The molecular formula is C14H19NO3. The van der Waals surface area contributed by atoms with Crippen LogP contribution in [0.2, 0.25) is 0 Å². The summed E-state index contributed by atoms with van der Waals surface area (Å²) in [5.74, 6) is -1.25. The van der Waals surface area contributed by atoms with Crippen molar-refractivity contribution in [2.75, 3.05) is 0 Å². The summed E-state index contributed by atoms with van der Waals surface area (Å²) >= 11 is 0. The van der Waals surface area contributed by atoms with E-state index in [4.69, 9.17) is 5.11 Å². The van der Waals surface area contributed by atoms with Crippen molar-refractivity contribution in [1.82, 2.24) is 5.32 Å². The molecule has 0 saturated heterocycles. The van der Waals surface area contributed by atoms with Crippen molar-refractivity contribution in [3.8, 4) is 0 Å². The fourth-order valence-corrected chi connectivity index (χ4v) is 1.85. The Morgan fingerprint density at radius 3 is 2.28 bits per heavy atom. The molecule has 0 radical (unpaired) electrons. The summed E-state index contributed by atoms with van der Waals surface area (Å²) in [4.78, 5) is 22.1. The molecule has 18 heavy (non-hydrogen) atoms. The summed E-state index contributed by atoms with van der Waals surface area (Å²) in [6.07, 6.45) is 0.932. The van der Waals surface area contributed by atoms with E-state index in [9.17, 15) is 9.59 Å². The van der Waals surface area contributed by atoms with Gasteiger partial charge in [0.15, 0.2) is 0 Å². The Labute approximate surface area is 107 Å². The van der Waals surface area contributed by atoms with Crippen LogP contribution < -0.4 is 5.32 Å². The largest absolute Gasteiger partial charge is 0.480 e. The Bertz CT molecular complexity index is 434. The molecule has 1 amide bonds. The molecule has 0 aliphatic carbocycles. The summed E-state index contributed by atoms with van der Waals surface area (Å²) in [7, 11) is 0. The van der Waals surface area contributed by atoms with Crippen molar-refractivity contribution >= 4 is 11.9 Å². The molecule has 0 aliphatic heterocycles. The van der Waals surface area contributed by atoms with Gasteiger partial charge in [-0.2, -0.15) is 0 Å². The van der Waals surface area contributed by atoms with Crippen molar-refractivity contribution < 1.29 is 14.7 Å². The van der Waals surface area contributed by atoms with E-state index in [0.29, 0.717) is 12.8 Å². The van der Waals surface area contributed by atoms with Gasteiger partial charge in [-0.1, -0.05) is 29.3 Å². The SMILES string of the molecule is Cc1cc(C)cc(CCC(=O)N[C@@H](C)C(=O)O)c1. The van der Waals surface area contributed by atoms with Gasteiger partial charge in [0.25, 0.3) is 0 Å². The lowest BCUT2D eigenvalue weighted by molar-refractivity contribution is -0.141. The van der Waals surface area contributed by atoms with Gasteiger partial charge >= 0.3 is 5.97 Å². The number of benzene rings is 1. The second-order valence-corrected chi connectivity index (χ2v) is 4.62. The van der Waals surface area contributed by atoms with Gasteiger partial charge < -0.3 is 10.4 Å². The Balaban J connectivity index is 2.50. The van der Waals surface area contributed by atoms with Gasteiger partial charge in [0.2, 0.25) is 5.91 Å². The van der Waals surface area contributed by atoms with Crippen LogP contribution in [0.25, 0.3) is 0 Å². The molecule has 0 spiro atoms. The standard InChI is InChI=1S/C14H19NO3/c1-9-6-10(2)8-12(7-9)4-5-13(16)15-11(3)14(17)18/h6-8,11H,4-5H2,1-3H3,(H,15,16)(H,17,18)/t11-/m0/s1. The molecule has 1 rings (SSSR count). The second-order valence-electron chi connectivity index (χ2n) is 4.62. The first-order valence-corrected chi connectivity index (χ1v) is 5.98. The molecule has 0 aliphatic rings. The highest BCUT2D eigenvalue weighted by Gasteiger charge is 2.13. The predicted molar refractivity (Wildman–Crippen MR) is 69.5 cm³/mol. The highest BCUT2D eigenvalue weighted by Crippen LogP contribution is 2.10. The Morgan fingerprint density at radius 2 is 1.78 bits per heavy atom. The molecule has 0 unspecified atom stereocenters. The number of rotatable bonds is 5. The van der Waals surface area contributed by atoms with Crippen molar-refractivity contribution in [2.45, 2.75) is 39.7 Å². The highest BCUT2D eigenvalue weighted by molar-refractivity contribution is 5.83. The molecule has 1 aromatic carbocycles. The summed E-state index contributed by atoms with van der Waals surface area (Å²) in [5.41, 5.74) is 3.44. The molecule has 0 fully saturated rings. The normalized spacial score (nSPS) is 11.9. The minimum Gasteiger partial charge on any atom is -0.480 e. The number of hydrogen-bond donors (Lipinski definition) is 2. The summed E-state index contributed by atoms with van der Waals surface area (Å²) in [6.45, 7) is 5.49. The van der Waals surface area contributed by atoms with Gasteiger partial charge in [-0.3, -0.25) is 9.59 Å². The molecule has 1 atom stereocenters. The van der Waals surface area contributed by atoms with Crippen LogP contribution >= 0.6 is 0 Å². The zero-order valence-corrected chi connectivity index (χ0v) is 11.0. The lowest BCUT2D eigenvalue weighted by Gasteiger charge is -2.09. The van der Waals surface area contributed by atoms with E-state index in [-0.39, 0.29) is 5.91 Å². The fourth-order valence-electron chi connectivity index (χ4n) is 1.85.